The van der Waals surface area contributed by atoms with Crippen molar-refractivity contribution >= 4 is 32.2 Å². The Morgan fingerprint density at radius 1 is 1.45 bits per heavy atom. The Balaban J connectivity index is 2.09. The number of amides is 1. The molecule has 1 heterocycles. The van der Waals surface area contributed by atoms with Gasteiger partial charge in [-0.25, -0.2) is 13.4 Å². The zero-order chi connectivity index (χ0) is 14.8. The van der Waals surface area contributed by atoms with E-state index in [1.54, 1.807) is 0 Å². The van der Waals surface area contributed by atoms with Gasteiger partial charge in [0.05, 0.1) is 10.9 Å². The molecule has 20 heavy (non-hydrogen) atoms. The maximum Gasteiger partial charge on any atom is 0.243 e. The normalized spacial score (nSPS) is 16.5. The molecule has 0 aromatic carbocycles. The lowest BCUT2D eigenvalue weighted by Gasteiger charge is -2.19. The van der Waals surface area contributed by atoms with Gasteiger partial charge < -0.3 is 0 Å². The van der Waals surface area contributed by atoms with Crippen molar-refractivity contribution in [1.82, 2.24) is 4.98 Å². The number of anilines is 1. The van der Waals surface area contributed by atoms with Crippen LogP contribution < -0.4 is 4.90 Å². The molecular formula is C13H20N2O3S2. The number of thiazole rings is 1. The maximum atomic E-state index is 12.3. The number of hydrogen-bond acceptors (Lipinski definition) is 5. The van der Waals surface area contributed by atoms with E-state index in [9.17, 15) is 13.2 Å². The zero-order valence-corrected chi connectivity index (χ0v) is 13.5. The Morgan fingerprint density at radius 2 is 2.10 bits per heavy atom. The number of aromatic nitrogens is 1. The second-order valence-corrected chi connectivity index (χ2v) is 8.24. The first-order valence-corrected chi connectivity index (χ1v) is 9.47. The fraction of sp³-hybridized carbons (Fsp3) is 0.692. The van der Waals surface area contributed by atoms with Gasteiger partial charge in [0.15, 0.2) is 15.0 Å². The van der Waals surface area contributed by atoms with Crippen LogP contribution in [0.5, 0.6) is 0 Å². The van der Waals surface area contributed by atoms with E-state index in [2.05, 4.69) is 4.98 Å². The first kappa shape index (κ1) is 15.4. The number of hydrogen-bond donors (Lipinski definition) is 0. The lowest BCUT2D eigenvalue weighted by molar-refractivity contribution is -0.116. The first-order chi connectivity index (χ1) is 9.44. The van der Waals surface area contributed by atoms with Crippen LogP contribution in [0, 0.1) is 6.92 Å². The van der Waals surface area contributed by atoms with E-state index < -0.39 is 15.6 Å². The largest absolute Gasteiger partial charge is 0.288 e. The molecule has 5 nitrogen and oxygen atoms in total. The molecule has 0 aliphatic heterocycles. The van der Waals surface area contributed by atoms with Crippen molar-refractivity contribution in [3.8, 4) is 0 Å². The van der Waals surface area contributed by atoms with Crippen LogP contribution in [-0.2, 0) is 14.6 Å². The molecule has 112 valence electrons. The van der Waals surface area contributed by atoms with Gasteiger partial charge in [0, 0.05) is 11.9 Å². The van der Waals surface area contributed by atoms with E-state index in [1.807, 2.05) is 19.2 Å². The molecule has 1 aliphatic carbocycles. The van der Waals surface area contributed by atoms with Gasteiger partial charge in [-0.15, -0.1) is 11.3 Å². The minimum absolute atomic E-state index is 0.330. The fourth-order valence-corrected chi connectivity index (χ4v) is 5.17. The van der Waals surface area contributed by atoms with Crippen molar-refractivity contribution in [3.05, 3.63) is 11.1 Å². The van der Waals surface area contributed by atoms with Crippen LogP contribution in [0.2, 0.25) is 0 Å². The molecule has 0 atom stereocenters. The van der Waals surface area contributed by atoms with Crippen molar-refractivity contribution in [2.45, 2.75) is 44.8 Å². The summed E-state index contributed by atoms with van der Waals surface area (Å²) in [6.45, 7) is 4.12. The fourth-order valence-electron chi connectivity index (χ4n) is 2.50. The van der Waals surface area contributed by atoms with Crippen molar-refractivity contribution in [1.29, 1.82) is 0 Å². The molecule has 2 rings (SSSR count). The Bertz CT molecular complexity index is 574. The van der Waals surface area contributed by atoms with Gasteiger partial charge in [0.25, 0.3) is 0 Å². The zero-order valence-electron chi connectivity index (χ0n) is 11.8. The van der Waals surface area contributed by atoms with Gasteiger partial charge >= 0.3 is 0 Å². The number of carbonyl (C=O) groups excluding carboxylic acids is 1. The van der Waals surface area contributed by atoms with Gasteiger partial charge in [0.1, 0.15) is 5.75 Å². The van der Waals surface area contributed by atoms with Gasteiger partial charge in [-0.3, -0.25) is 9.69 Å². The van der Waals surface area contributed by atoms with E-state index in [1.165, 1.54) is 16.2 Å². The summed E-state index contributed by atoms with van der Waals surface area (Å²) in [6.07, 6.45) is 3.28. The predicted molar refractivity (Wildman–Crippen MR) is 80.9 cm³/mol. The van der Waals surface area contributed by atoms with Gasteiger partial charge in [0.2, 0.25) is 5.91 Å². The summed E-state index contributed by atoms with van der Waals surface area (Å²) in [7, 11) is -3.33. The minimum Gasteiger partial charge on any atom is -0.288 e. The summed E-state index contributed by atoms with van der Waals surface area (Å²) in [4.78, 5) is 18.0. The third-order valence-electron chi connectivity index (χ3n) is 3.59. The maximum absolute atomic E-state index is 12.3. The molecule has 0 N–H and O–H groups in total. The standard InChI is InChI=1S/C13H20N2O3S2/c1-3-15(13-14-10(2)8-19-13)12(16)9-20(17,18)11-6-4-5-7-11/h8,11H,3-7,9H2,1-2H3. The number of nitrogens with zero attached hydrogens (tertiary/aromatic N) is 2. The summed E-state index contributed by atoms with van der Waals surface area (Å²) >= 11 is 1.37. The second-order valence-electron chi connectivity index (χ2n) is 5.12. The molecule has 0 unspecified atom stereocenters. The van der Waals surface area contributed by atoms with Crippen LogP contribution in [0.4, 0.5) is 5.13 Å². The third-order valence-corrected chi connectivity index (χ3v) is 6.71. The lowest BCUT2D eigenvalue weighted by atomic mass is 10.4. The molecule has 1 aliphatic rings. The lowest BCUT2D eigenvalue weighted by Crippen LogP contribution is -2.38. The highest BCUT2D eigenvalue weighted by Gasteiger charge is 2.32. The highest BCUT2D eigenvalue weighted by Crippen LogP contribution is 2.26. The molecule has 1 fully saturated rings. The molecule has 1 aromatic rings. The SMILES string of the molecule is CCN(C(=O)CS(=O)(=O)C1CCCC1)c1nc(C)cs1. The van der Waals surface area contributed by atoms with Gasteiger partial charge in [-0.1, -0.05) is 12.8 Å². The van der Waals surface area contributed by atoms with E-state index in [0.717, 1.165) is 18.5 Å². The van der Waals surface area contributed by atoms with Crippen molar-refractivity contribution < 1.29 is 13.2 Å². The average molecular weight is 316 g/mol. The van der Waals surface area contributed by atoms with Crippen molar-refractivity contribution in [3.63, 3.8) is 0 Å². The Hall–Kier alpha value is -0.950. The van der Waals surface area contributed by atoms with Crippen LogP contribution >= 0.6 is 11.3 Å². The number of aryl methyl sites for hydroxylation is 1. The van der Waals surface area contributed by atoms with Gasteiger partial charge in [-0.2, -0.15) is 0 Å². The molecule has 1 saturated carbocycles. The van der Waals surface area contributed by atoms with E-state index >= 15 is 0 Å². The smallest absolute Gasteiger partial charge is 0.243 e. The molecular weight excluding hydrogens is 296 g/mol. The van der Waals surface area contributed by atoms with Crippen LogP contribution in [0.25, 0.3) is 0 Å². The Labute approximate surface area is 123 Å². The molecule has 7 heteroatoms. The quantitative estimate of drug-likeness (QED) is 0.835. The molecule has 0 saturated heterocycles. The topological polar surface area (TPSA) is 67.3 Å². The highest BCUT2D eigenvalue weighted by atomic mass is 32.2. The van der Waals surface area contributed by atoms with Crippen molar-refractivity contribution in [2.24, 2.45) is 0 Å². The summed E-state index contributed by atoms with van der Waals surface area (Å²) < 4.78 is 24.5. The average Bonchev–Trinajstić information content (AvgIpc) is 3.01. The number of sulfone groups is 1. The molecule has 0 radical (unpaired) electrons. The molecule has 1 amide bonds. The van der Waals surface area contributed by atoms with Crippen LogP contribution in [0.3, 0.4) is 0 Å². The number of carbonyl (C=O) groups is 1. The summed E-state index contributed by atoms with van der Waals surface area (Å²) in [5.41, 5.74) is 0.843. The van der Waals surface area contributed by atoms with Gasteiger partial charge in [-0.05, 0) is 26.7 Å². The van der Waals surface area contributed by atoms with E-state index in [0.29, 0.717) is 24.5 Å². The van der Waals surface area contributed by atoms with Crippen molar-refractivity contribution in [2.75, 3.05) is 17.2 Å². The summed E-state index contributed by atoms with van der Waals surface area (Å²) in [6, 6.07) is 0. The third kappa shape index (κ3) is 3.38. The van der Waals surface area contributed by atoms with Crippen LogP contribution in [0.15, 0.2) is 5.38 Å². The first-order valence-electron chi connectivity index (χ1n) is 6.88. The van der Waals surface area contributed by atoms with E-state index in [-0.39, 0.29) is 11.2 Å². The Morgan fingerprint density at radius 3 is 2.60 bits per heavy atom. The summed E-state index contributed by atoms with van der Waals surface area (Å²) in [5.74, 6) is -0.766. The minimum atomic E-state index is -3.33. The van der Waals surface area contributed by atoms with Crippen LogP contribution in [-0.4, -0.2) is 36.9 Å². The molecule has 0 spiro atoms. The van der Waals surface area contributed by atoms with E-state index in [4.69, 9.17) is 0 Å². The van der Waals surface area contributed by atoms with Crippen LogP contribution in [0.1, 0.15) is 38.3 Å². The number of rotatable bonds is 5. The monoisotopic (exact) mass is 316 g/mol. The predicted octanol–water partition coefficient (Wildman–Crippen LogP) is 2.16. The summed E-state index contributed by atoms with van der Waals surface area (Å²) in [5, 5.41) is 2.11. The second kappa shape index (κ2) is 6.22. The highest BCUT2D eigenvalue weighted by molar-refractivity contribution is 7.92. The molecule has 0 bridgehead atoms. The Kier molecular flexibility index (Phi) is 4.80. The molecule has 1 aromatic heterocycles.